The molecule has 13 aromatic rings. The Bertz CT molecular complexity index is 3880. The number of thiophene rings is 1. The summed E-state index contributed by atoms with van der Waals surface area (Å²) in [6.45, 7) is 0. The van der Waals surface area contributed by atoms with Gasteiger partial charge in [-0.25, -0.2) is 0 Å². The first-order valence-electron chi connectivity index (χ1n) is 19.8. The van der Waals surface area contributed by atoms with Crippen LogP contribution in [0.5, 0.6) is 0 Å². The minimum atomic E-state index is 0.901. The Balaban J connectivity index is 0.931. The molecule has 3 nitrogen and oxygen atoms in total. The van der Waals surface area contributed by atoms with Crippen LogP contribution in [-0.2, 0) is 0 Å². The van der Waals surface area contributed by atoms with Crippen molar-refractivity contribution in [1.29, 1.82) is 0 Å². The first-order chi connectivity index (χ1) is 29.1. The zero-order chi connectivity index (χ0) is 38.8. The summed E-state index contributed by atoms with van der Waals surface area (Å²) in [6.07, 6.45) is 0. The molecule has 0 unspecified atom stereocenters. The predicted octanol–water partition coefficient (Wildman–Crippen LogP) is 16.2. The monoisotopic (exact) mass is 834 g/mol. The summed E-state index contributed by atoms with van der Waals surface area (Å²) in [6, 6.07) is 68.6. The largest absolute Gasteiger partial charge is 0.456 e. The molecule has 5 heteroatoms. The van der Waals surface area contributed by atoms with Crippen LogP contribution < -0.4 is 0 Å². The highest BCUT2D eigenvalue weighted by atomic mass is 79.9. The minimum Gasteiger partial charge on any atom is -0.456 e. The van der Waals surface area contributed by atoms with Gasteiger partial charge < -0.3 is 13.6 Å². The van der Waals surface area contributed by atoms with Gasteiger partial charge in [-0.15, -0.1) is 11.3 Å². The Kier molecular flexibility index (Phi) is 7.03. The number of halogens is 1. The molecule has 0 saturated heterocycles. The first-order valence-corrected chi connectivity index (χ1v) is 21.5. The van der Waals surface area contributed by atoms with Crippen LogP contribution in [0.4, 0.5) is 0 Å². The average molecular weight is 836 g/mol. The lowest BCUT2D eigenvalue weighted by Gasteiger charge is -2.11. The number of rotatable bonds is 4. The molecular formula is C54H31BrN2OS. The second-order valence-corrected chi connectivity index (χ2v) is 17.5. The SMILES string of the molecule is Brc1cc(-c2ccc3c(c2)c2ccccc2n3-c2ccc3c(c2)sc2ccccc23)cc(-c2ccc3c(c2)c2ccccc2n3-c2ccc3oc4ccccc4c3c2)c1. The van der Waals surface area contributed by atoms with Crippen molar-refractivity contribution in [2.45, 2.75) is 0 Å². The number of hydrogen-bond acceptors (Lipinski definition) is 2. The molecule has 0 fully saturated rings. The van der Waals surface area contributed by atoms with Gasteiger partial charge in [-0.1, -0.05) is 107 Å². The van der Waals surface area contributed by atoms with Gasteiger partial charge in [-0.2, -0.15) is 0 Å². The van der Waals surface area contributed by atoms with Gasteiger partial charge in [-0.3, -0.25) is 0 Å². The maximum Gasteiger partial charge on any atom is 0.135 e. The summed E-state index contributed by atoms with van der Waals surface area (Å²) in [5, 5.41) is 9.83. The molecule has 0 saturated carbocycles. The van der Waals surface area contributed by atoms with E-state index in [0.717, 1.165) is 32.1 Å². The van der Waals surface area contributed by atoms with Gasteiger partial charge in [0.05, 0.1) is 22.1 Å². The van der Waals surface area contributed by atoms with E-state index in [0.29, 0.717) is 0 Å². The Morgan fingerprint density at radius 3 is 1.56 bits per heavy atom. The van der Waals surface area contributed by atoms with E-state index in [1.54, 1.807) is 0 Å². The number of furan rings is 1. The van der Waals surface area contributed by atoms with Crippen LogP contribution in [0.15, 0.2) is 197 Å². The Labute approximate surface area is 350 Å². The fourth-order valence-corrected chi connectivity index (χ4v) is 11.1. The van der Waals surface area contributed by atoms with Gasteiger partial charge in [-0.05, 0) is 119 Å². The standard InChI is InChI=1S/C54H31BrN2OS/c55-36-26-34(32-17-22-49-44(28-32)39-9-1-5-13-47(39)56(49)37-20-24-52-46(30-37)41-11-3-7-15-51(41)58-52)25-35(27-36)33-18-23-50-45(29-33)40-10-2-6-14-48(40)57(50)38-19-21-43-42-12-4-8-16-53(42)59-54(43)31-38/h1-31H. The van der Waals surface area contributed by atoms with Gasteiger partial charge >= 0.3 is 0 Å². The Morgan fingerprint density at radius 2 is 0.864 bits per heavy atom. The highest BCUT2D eigenvalue weighted by Crippen LogP contribution is 2.41. The van der Waals surface area contributed by atoms with Gasteiger partial charge in [0.2, 0.25) is 0 Å². The molecule has 0 atom stereocenters. The van der Waals surface area contributed by atoms with Crippen molar-refractivity contribution in [1.82, 2.24) is 9.13 Å². The number of fused-ring (bicyclic) bond motifs is 12. The highest BCUT2D eigenvalue weighted by Gasteiger charge is 2.18. The fourth-order valence-electron chi connectivity index (χ4n) is 9.49. The van der Waals surface area contributed by atoms with E-state index in [-0.39, 0.29) is 0 Å². The topological polar surface area (TPSA) is 23.0 Å². The van der Waals surface area contributed by atoms with Crippen molar-refractivity contribution in [3.8, 4) is 33.6 Å². The third-order valence-corrected chi connectivity index (χ3v) is 13.7. The van der Waals surface area contributed by atoms with Crippen molar-refractivity contribution >= 4 is 113 Å². The third-order valence-electron chi connectivity index (χ3n) is 12.1. The molecule has 276 valence electrons. The second-order valence-electron chi connectivity index (χ2n) is 15.5. The van der Waals surface area contributed by atoms with E-state index in [1.165, 1.54) is 91.7 Å². The molecule has 0 spiro atoms. The maximum atomic E-state index is 6.18. The van der Waals surface area contributed by atoms with E-state index in [1.807, 2.05) is 23.5 Å². The smallest absolute Gasteiger partial charge is 0.135 e. The lowest BCUT2D eigenvalue weighted by molar-refractivity contribution is 0.669. The number of para-hydroxylation sites is 3. The van der Waals surface area contributed by atoms with Crippen LogP contribution in [0.2, 0.25) is 0 Å². The molecule has 4 heterocycles. The molecule has 13 rings (SSSR count). The third kappa shape index (κ3) is 4.99. The summed E-state index contributed by atoms with van der Waals surface area (Å²) >= 11 is 5.77. The summed E-state index contributed by atoms with van der Waals surface area (Å²) < 4.78 is 14.7. The zero-order valence-electron chi connectivity index (χ0n) is 31.5. The zero-order valence-corrected chi connectivity index (χ0v) is 33.9. The lowest BCUT2D eigenvalue weighted by Crippen LogP contribution is -1.93. The second kappa shape index (κ2) is 12.5. The van der Waals surface area contributed by atoms with Crippen LogP contribution in [0.1, 0.15) is 0 Å². The molecular weight excluding hydrogens is 805 g/mol. The van der Waals surface area contributed by atoms with Crippen molar-refractivity contribution in [2.75, 3.05) is 0 Å². The van der Waals surface area contributed by atoms with Gasteiger partial charge in [0.1, 0.15) is 11.2 Å². The highest BCUT2D eigenvalue weighted by molar-refractivity contribution is 9.10. The van der Waals surface area contributed by atoms with Crippen LogP contribution in [0, 0.1) is 0 Å². The summed E-state index contributed by atoms with van der Waals surface area (Å²) in [7, 11) is 0. The average Bonchev–Trinajstić information content (AvgIpc) is 4.03. The van der Waals surface area contributed by atoms with Crippen molar-refractivity contribution in [3.05, 3.63) is 193 Å². The van der Waals surface area contributed by atoms with Gasteiger partial charge in [0, 0.05) is 68.3 Å². The van der Waals surface area contributed by atoms with Crippen LogP contribution in [0.3, 0.4) is 0 Å². The van der Waals surface area contributed by atoms with Crippen molar-refractivity contribution in [3.63, 3.8) is 0 Å². The maximum absolute atomic E-state index is 6.18. The van der Waals surface area contributed by atoms with Crippen LogP contribution in [0.25, 0.3) is 119 Å². The van der Waals surface area contributed by atoms with E-state index >= 15 is 0 Å². The molecule has 0 aliphatic carbocycles. The number of hydrogen-bond donors (Lipinski definition) is 0. The molecule has 0 radical (unpaired) electrons. The molecule has 0 amide bonds. The predicted molar refractivity (Wildman–Crippen MR) is 254 cm³/mol. The fraction of sp³-hybridized carbons (Fsp3) is 0. The van der Waals surface area contributed by atoms with Gasteiger partial charge in [0.15, 0.2) is 0 Å². The van der Waals surface area contributed by atoms with Gasteiger partial charge in [0.25, 0.3) is 0 Å². The van der Waals surface area contributed by atoms with Crippen molar-refractivity contribution in [2.24, 2.45) is 0 Å². The lowest BCUT2D eigenvalue weighted by atomic mass is 9.97. The number of aromatic nitrogens is 2. The van der Waals surface area contributed by atoms with Crippen LogP contribution in [-0.4, -0.2) is 9.13 Å². The molecule has 0 bridgehead atoms. The van der Waals surface area contributed by atoms with Crippen molar-refractivity contribution < 1.29 is 4.42 Å². The van der Waals surface area contributed by atoms with E-state index in [2.05, 4.69) is 201 Å². The molecule has 0 aliphatic rings. The Morgan fingerprint density at radius 1 is 0.339 bits per heavy atom. The number of benzene rings is 9. The molecule has 4 aromatic heterocycles. The normalized spacial score (nSPS) is 12.2. The summed E-state index contributed by atoms with van der Waals surface area (Å²) in [5.41, 5.74) is 13.6. The number of nitrogens with zero attached hydrogens (tertiary/aromatic N) is 2. The first kappa shape index (κ1) is 33.1. The van der Waals surface area contributed by atoms with E-state index in [4.69, 9.17) is 4.42 Å². The summed E-state index contributed by atoms with van der Waals surface area (Å²) in [5.74, 6) is 0. The minimum absolute atomic E-state index is 0.901. The van der Waals surface area contributed by atoms with E-state index < -0.39 is 0 Å². The van der Waals surface area contributed by atoms with E-state index in [9.17, 15) is 0 Å². The Hall–Kier alpha value is -6.92. The molecule has 9 aromatic carbocycles. The molecule has 59 heavy (non-hydrogen) atoms. The van der Waals surface area contributed by atoms with Crippen LogP contribution >= 0.6 is 27.3 Å². The molecule has 0 aliphatic heterocycles. The molecule has 0 N–H and O–H groups in total. The summed E-state index contributed by atoms with van der Waals surface area (Å²) in [4.78, 5) is 0. The quantitative estimate of drug-likeness (QED) is 0.173.